The topological polar surface area (TPSA) is 72.9 Å². The summed E-state index contributed by atoms with van der Waals surface area (Å²) in [4.78, 5) is 12.1. The number of esters is 1. The van der Waals surface area contributed by atoms with Crippen LogP contribution in [0, 0.1) is 5.82 Å². The number of benzene rings is 2. The molecule has 3 rings (SSSR count). The highest BCUT2D eigenvalue weighted by Crippen LogP contribution is 2.27. The second-order valence-electron chi connectivity index (χ2n) is 5.51. The van der Waals surface area contributed by atoms with Crippen LogP contribution >= 0.6 is 11.6 Å². The molecule has 0 unspecified atom stereocenters. The molecule has 6 nitrogen and oxygen atoms in total. The van der Waals surface area contributed by atoms with E-state index < -0.39 is 21.8 Å². The molecule has 1 aliphatic rings. The lowest BCUT2D eigenvalue weighted by atomic mass is 10.2. The average Bonchev–Trinajstić information content (AvgIpc) is 2.62. The number of sulfonamides is 1. The lowest BCUT2D eigenvalue weighted by molar-refractivity contribution is 0.0727. The first-order valence-electron chi connectivity index (χ1n) is 7.73. The summed E-state index contributed by atoms with van der Waals surface area (Å²) in [5.41, 5.74) is -0.00880. The number of ether oxygens (including phenoxy) is 2. The van der Waals surface area contributed by atoms with Gasteiger partial charge in [0.05, 0.1) is 23.8 Å². The molecule has 0 atom stereocenters. The molecule has 0 radical (unpaired) electrons. The first-order valence-corrected chi connectivity index (χ1v) is 9.55. The van der Waals surface area contributed by atoms with Crippen molar-refractivity contribution >= 4 is 27.6 Å². The fourth-order valence-corrected chi connectivity index (χ4v) is 4.36. The summed E-state index contributed by atoms with van der Waals surface area (Å²) in [6.45, 7) is 0.990. The van der Waals surface area contributed by atoms with Crippen LogP contribution in [-0.2, 0) is 14.8 Å². The standard InChI is InChI=1S/C17H15ClFNO5S/c18-15-5-4-12(17(21)25-14-3-1-2-13(19)11-14)10-16(15)26(22,23)20-6-8-24-9-7-20/h1-5,10-11H,6-9H2. The van der Waals surface area contributed by atoms with E-state index in [9.17, 15) is 17.6 Å². The Kier molecular flexibility index (Phi) is 5.57. The summed E-state index contributed by atoms with van der Waals surface area (Å²) in [7, 11) is -3.87. The summed E-state index contributed by atoms with van der Waals surface area (Å²) in [5.74, 6) is -1.35. The van der Waals surface area contributed by atoms with Gasteiger partial charge in [-0.2, -0.15) is 4.31 Å². The van der Waals surface area contributed by atoms with E-state index in [0.29, 0.717) is 0 Å². The SMILES string of the molecule is O=C(Oc1cccc(F)c1)c1ccc(Cl)c(S(=O)(=O)N2CCOCC2)c1. The maximum atomic E-state index is 13.2. The van der Waals surface area contributed by atoms with E-state index >= 15 is 0 Å². The van der Waals surface area contributed by atoms with Crippen molar-refractivity contribution in [2.45, 2.75) is 4.90 Å². The molecule has 0 aliphatic carbocycles. The first-order chi connectivity index (χ1) is 12.4. The number of halogens is 2. The zero-order chi connectivity index (χ0) is 18.7. The molecule has 9 heteroatoms. The third-order valence-electron chi connectivity index (χ3n) is 3.76. The highest BCUT2D eigenvalue weighted by atomic mass is 35.5. The molecule has 0 N–H and O–H groups in total. The van der Waals surface area contributed by atoms with E-state index in [0.717, 1.165) is 12.1 Å². The van der Waals surface area contributed by atoms with Crippen LogP contribution in [0.5, 0.6) is 5.75 Å². The Balaban J connectivity index is 1.88. The predicted molar refractivity (Wildman–Crippen MR) is 92.4 cm³/mol. The van der Waals surface area contributed by atoms with Crippen LogP contribution in [0.2, 0.25) is 5.02 Å². The number of hydrogen-bond donors (Lipinski definition) is 0. The van der Waals surface area contributed by atoms with Crippen LogP contribution < -0.4 is 4.74 Å². The molecular formula is C17H15ClFNO5S. The van der Waals surface area contributed by atoms with Gasteiger partial charge in [-0.25, -0.2) is 17.6 Å². The van der Waals surface area contributed by atoms with Crippen molar-refractivity contribution in [1.82, 2.24) is 4.31 Å². The van der Waals surface area contributed by atoms with Crippen LogP contribution in [0.3, 0.4) is 0 Å². The first kappa shape index (κ1) is 18.8. The molecule has 0 saturated carbocycles. The largest absolute Gasteiger partial charge is 0.423 e. The summed E-state index contributed by atoms with van der Waals surface area (Å²) < 4.78 is 50.2. The van der Waals surface area contributed by atoms with Crippen LogP contribution in [0.4, 0.5) is 4.39 Å². The maximum Gasteiger partial charge on any atom is 0.343 e. The monoisotopic (exact) mass is 399 g/mol. The number of carbonyl (C=O) groups excluding carboxylic acids is 1. The minimum Gasteiger partial charge on any atom is -0.423 e. The van der Waals surface area contributed by atoms with Gasteiger partial charge in [0.1, 0.15) is 16.5 Å². The number of carbonyl (C=O) groups is 1. The summed E-state index contributed by atoms with van der Waals surface area (Å²) >= 11 is 6.05. The fraction of sp³-hybridized carbons (Fsp3) is 0.235. The lowest BCUT2D eigenvalue weighted by Crippen LogP contribution is -2.40. The van der Waals surface area contributed by atoms with E-state index in [2.05, 4.69) is 0 Å². The molecule has 1 heterocycles. The lowest BCUT2D eigenvalue weighted by Gasteiger charge is -2.26. The van der Waals surface area contributed by atoms with E-state index in [-0.39, 0.29) is 47.5 Å². The number of rotatable bonds is 4. The molecule has 1 saturated heterocycles. The van der Waals surface area contributed by atoms with Gasteiger partial charge in [0, 0.05) is 19.2 Å². The third kappa shape index (κ3) is 4.04. The van der Waals surface area contributed by atoms with Crippen molar-refractivity contribution < 1.29 is 27.1 Å². The van der Waals surface area contributed by atoms with Crippen LogP contribution in [0.25, 0.3) is 0 Å². The van der Waals surface area contributed by atoms with Gasteiger partial charge in [-0.1, -0.05) is 17.7 Å². The molecular weight excluding hydrogens is 385 g/mol. The van der Waals surface area contributed by atoms with Crippen molar-refractivity contribution in [2.75, 3.05) is 26.3 Å². The highest BCUT2D eigenvalue weighted by molar-refractivity contribution is 7.89. The fourth-order valence-electron chi connectivity index (χ4n) is 2.45. The second-order valence-corrected chi connectivity index (χ2v) is 7.82. The van der Waals surface area contributed by atoms with Gasteiger partial charge in [0.2, 0.25) is 10.0 Å². The van der Waals surface area contributed by atoms with Crippen molar-refractivity contribution in [3.05, 3.63) is 58.9 Å². The van der Waals surface area contributed by atoms with Crippen molar-refractivity contribution in [2.24, 2.45) is 0 Å². The third-order valence-corrected chi connectivity index (χ3v) is 6.14. The number of morpholine rings is 1. The number of hydrogen-bond acceptors (Lipinski definition) is 5. The molecule has 138 valence electrons. The summed E-state index contributed by atoms with van der Waals surface area (Å²) in [6, 6.07) is 8.91. The Morgan fingerprint density at radius 2 is 1.88 bits per heavy atom. The van der Waals surface area contributed by atoms with E-state index in [4.69, 9.17) is 21.1 Å². The Labute approximate surface area is 155 Å². The van der Waals surface area contributed by atoms with E-state index in [1.807, 2.05) is 0 Å². The summed E-state index contributed by atoms with van der Waals surface area (Å²) in [5, 5.41) is -0.00111. The zero-order valence-corrected chi connectivity index (χ0v) is 15.1. The molecule has 0 bridgehead atoms. The Bertz CT molecular complexity index is 929. The van der Waals surface area contributed by atoms with Gasteiger partial charge in [-0.15, -0.1) is 0 Å². The van der Waals surface area contributed by atoms with Crippen molar-refractivity contribution in [3.63, 3.8) is 0 Å². The number of nitrogens with zero attached hydrogens (tertiary/aromatic N) is 1. The average molecular weight is 400 g/mol. The molecule has 26 heavy (non-hydrogen) atoms. The Hall–Kier alpha value is -2.00. The highest BCUT2D eigenvalue weighted by Gasteiger charge is 2.29. The smallest absolute Gasteiger partial charge is 0.343 e. The van der Waals surface area contributed by atoms with E-state index in [1.54, 1.807) is 0 Å². The molecule has 2 aromatic carbocycles. The molecule has 0 aromatic heterocycles. The second kappa shape index (κ2) is 7.71. The van der Waals surface area contributed by atoms with Crippen LogP contribution in [0.15, 0.2) is 47.4 Å². The molecule has 1 fully saturated rings. The Morgan fingerprint density at radius 3 is 2.58 bits per heavy atom. The van der Waals surface area contributed by atoms with Gasteiger partial charge >= 0.3 is 5.97 Å². The van der Waals surface area contributed by atoms with Gasteiger partial charge in [0.15, 0.2) is 0 Å². The molecule has 1 aliphatic heterocycles. The van der Waals surface area contributed by atoms with Crippen LogP contribution in [0.1, 0.15) is 10.4 Å². The van der Waals surface area contributed by atoms with Crippen molar-refractivity contribution in [1.29, 1.82) is 0 Å². The predicted octanol–water partition coefficient (Wildman–Crippen LogP) is 2.72. The zero-order valence-electron chi connectivity index (χ0n) is 13.5. The van der Waals surface area contributed by atoms with Gasteiger partial charge in [-0.05, 0) is 30.3 Å². The molecule has 0 amide bonds. The Morgan fingerprint density at radius 1 is 1.15 bits per heavy atom. The van der Waals surface area contributed by atoms with E-state index in [1.165, 1.54) is 34.6 Å². The maximum absolute atomic E-state index is 13.2. The minimum absolute atomic E-state index is 0.00111. The van der Waals surface area contributed by atoms with Crippen LogP contribution in [-0.4, -0.2) is 45.0 Å². The summed E-state index contributed by atoms with van der Waals surface area (Å²) in [6.07, 6.45) is 0. The van der Waals surface area contributed by atoms with Gasteiger partial charge in [-0.3, -0.25) is 0 Å². The quantitative estimate of drug-likeness (QED) is 0.584. The molecule has 0 spiro atoms. The normalized spacial score (nSPS) is 15.6. The minimum atomic E-state index is -3.87. The van der Waals surface area contributed by atoms with Crippen molar-refractivity contribution in [3.8, 4) is 5.75 Å². The molecule has 2 aromatic rings. The van der Waals surface area contributed by atoms with Gasteiger partial charge in [0.25, 0.3) is 0 Å². The van der Waals surface area contributed by atoms with Gasteiger partial charge < -0.3 is 9.47 Å².